The minimum Gasteiger partial charge on any atom is -0.393 e. The Labute approximate surface area is 117 Å². The highest BCUT2D eigenvalue weighted by Gasteiger charge is 2.26. The molecule has 0 bridgehead atoms. The van der Waals surface area contributed by atoms with Crippen molar-refractivity contribution in [3.63, 3.8) is 0 Å². The molecule has 0 aromatic carbocycles. The van der Waals surface area contributed by atoms with Crippen LogP contribution in [0.25, 0.3) is 0 Å². The van der Waals surface area contributed by atoms with Gasteiger partial charge in [0.1, 0.15) is 0 Å². The predicted octanol–water partition coefficient (Wildman–Crippen LogP) is 2.04. The highest BCUT2D eigenvalue weighted by Crippen LogP contribution is 2.26. The van der Waals surface area contributed by atoms with E-state index in [1.165, 1.54) is 19.3 Å². The van der Waals surface area contributed by atoms with E-state index in [0.717, 1.165) is 38.5 Å². The minimum absolute atomic E-state index is 0.106. The standard InChI is InChI=1S/C14H27NO3S/c16-14-9-5-4-8-13(14)10-15-19(17,18)11-12-6-2-1-3-7-12/h12-16H,1-11H2. The van der Waals surface area contributed by atoms with Crippen LogP contribution in [0, 0.1) is 11.8 Å². The molecule has 0 heterocycles. The third-order valence-corrected chi connectivity index (χ3v) is 6.13. The summed E-state index contributed by atoms with van der Waals surface area (Å²) in [5, 5.41) is 9.85. The first-order valence-electron chi connectivity index (χ1n) is 7.72. The van der Waals surface area contributed by atoms with E-state index in [1.54, 1.807) is 0 Å². The fourth-order valence-corrected chi connectivity index (χ4v) is 4.92. The summed E-state index contributed by atoms with van der Waals surface area (Å²) in [6.07, 6.45) is 9.27. The van der Waals surface area contributed by atoms with Crippen LogP contribution < -0.4 is 4.72 Å². The fraction of sp³-hybridized carbons (Fsp3) is 1.00. The number of sulfonamides is 1. The molecule has 2 N–H and O–H groups in total. The lowest BCUT2D eigenvalue weighted by atomic mass is 9.87. The molecule has 0 spiro atoms. The molecule has 2 atom stereocenters. The normalized spacial score (nSPS) is 30.4. The summed E-state index contributed by atoms with van der Waals surface area (Å²) >= 11 is 0. The largest absolute Gasteiger partial charge is 0.393 e. The van der Waals surface area contributed by atoms with Gasteiger partial charge in [-0.2, -0.15) is 0 Å². The molecule has 2 fully saturated rings. The Balaban J connectivity index is 1.76. The van der Waals surface area contributed by atoms with Gasteiger partial charge in [-0.25, -0.2) is 13.1 Å². The number of hydrogen-bond acceptors (Lipinski definition) is 3. The van der Waals surface area contributed by atoms with E-state index in [9.17, 15) is 13.5 Å². The van der Waals surface area contributed by atoms with Gasteiger partial charge in [0.2, 0.25) is 10.0 Å². The first-order chi connectivity index (χ1) is 9.07. The molecule has 19 heavy (non-hydrogen) atoms. The molecule has 2 rings (SSSR count). The van der Waals surface area contributed by atoms with Crippen molar-refractivity contribution in [2.45, 2.75) is 63.9 Å². The zero-order valence-corrected chi connectivity index (χ0v) is 12.5. The maximum atomic E-state index is 12.1. The van der Waals surface area contributed by atoms with E-state index in [1.807, 2.05) is 0 Å². The molecular weight excluding hydrogens is 262 g/mol. The lowest BCUT2D eigenvalue weighted by Crippen LogP contribution is -2.38. The summed E-state index contributed by atoms with van der Waals surface area (Å²) in [4.78, 5) is 0. The number of aliphatic hydroxyl groups excluding tert-OH is 1. The summed E-state index contributed by atoms with van der Waals surface area (Å²) in [5.74, 6) is 0.716. The molecule has 0 amide bonds. The van der Waals surface area contributed by atoms with Gasteiger partial charge in [-0.1, -0.05) is 32.1 Å². The second-order valence-electron chi connectivity index (χ2n) is 6.25. The Bertz CT molecular complexity index is 363. The molecule has 2 unspecified atom stereocenters. The molecule has 2 saturated carbocycles. The van der Waals surface area contributed by atoms with Crippen LogP contribution in [0.15, 0.2) is 0 Å². The highest BCUT2D eigenvalue weighted by molar-refractivity contribution is 7.89. The summed E-state index contributed by atoms with van der Waals surface area (Å²) < 4.78 is 26.8. The quantitative estimate of drug-likeness (QED) is 0.814. The van der Waals surface area contributed by atoms with Crippen LogP contribution in [0.2, 0.25) is 0 Å². The van der Waals surface area contributed by atoms with Crippen molar-refractivity contribution in [3.8, 4) is 0 Å². The third-order valence-electron chi connectivity index (χ3n) is 4.61. The highest BCUT2D eigenvalue weighted by atomic mass is 32.2. The van der Waals surface area contributed by atoms with Crippen LogP contribution in [0.1, 0.15) is 57.8 Å². The van der Waals surface area contributed by atoms with Crippen molar-refractivity contribution in [3.05, 3.63) is 0 Å². The van der Waals surface area contributed by atoms with E-state index < -0.39 is 10.0 Å². The lowest BCUT2D eigenvalue weighted by Gasteiger charge is -2.28. The molecule has 0 aliphatic heterocycles. The third kappa shape index (κ3) is 5.04. The zero-order valence-electron chi connectivity index (χ0n) is 11.7. The average molecular weight is 289 g/mol. The Morgan fingerprint density at radius 1 is 0.947 bits per heavy atom. The second-order valence-corrected chi connectivity index (χ2v) is 8.10. The Kier molecular flexibility index (Phi) is 5.66. The molecule has 2 aliphatic carbocycles. The van der Waals surface area contributed by atoms with Crippen LogP contribution in [-0.4, -0.2) is 31.9 Å². The van der Waals surface area contributed by atoms with Crippen LogP contribution in [0.3, 0.4) is 0 Å². The average Bonchev–Trinajstić information content (AvgIpc) is 2.38. The van der Waals surface area contributed by atoms with E-state index in [4.69, 9.17) is 0 Å². The maximum absolute atomic E-state index is 12.1. The van der Waals surface area contributed by atoms with Crippen LogP contribution in [0.4, 0.5) is 0 Å². The fourth-order valence-electron chi connectivity index (χ4n) is 3.38. The van der Waals surface area contributed by atoms with Gasteiger partial charge in [0.25, 0.3) is 0 Å². The van der Waals surface area contributed by atoms with Gasteiger partial charge in [0.05, 0.1) is 11.9 Å². The Morgan fingerprint density at radius 2 is 1.58 bits per heavy atom. The van der Waals surface area contributed by atoms with Crippen molar-refractivity contribution in [1.29, 1.82) is 0 Å². The van der Waals surface area contributed by atoms with Crippen LogP contribution >= 0.6 is 0 Å². The first-order valence-corrected chi connectivity index (χ1v) is 9.37. The van der Waals surface area contributed by atoms with Crippen LogP contribution in [-0.2, 0) is 10.0 Å². The summed E-state index contributed by atoms with van der Waals surface area (Å²) in [6, 6.07) is 0. The molecule has 2 aliphatic rings. The molecule has 4 nitrogen and oxygen atoms in total. The summed E-state index contributed by atoms with van der Waals surface area (Å²) in [5.41, 5.74) is 0. The zero-order chi connectivity index (χ0) is 13.7. The summed E-state index contributed by atoms with van der Waals surface area (Å²) in [6.45, 7) is 0.413. The van der Waals surface area contributed by atoms with Crippen molar-refractivity contribution in [2.24, 2.45) is 11.8 Å². The molecule has 0 aromatic rings. The van der Waals surface area contributed by atoms with Gasteiger partial charge < -0.3 is 5.11 Å². The minimum atomic E-state index is -3.17. The Hall–Kier alpha value is -0.130. The smallest absolute Gasteiger partial charge is 0.211 e. The number of rotatable bonds is 5. The second kappa shape index (κ2) is 7.04. The van der Waals surface area contributed by atoms with Crippen LogP contribution in [0.5, 0.6) is 0 Å². The molecule has 0 aromatic heterocycles. The topological polar surface area (TPSA) is 66.4 Å². The monoisotopic (exact) mass is 289 g/mol. The van der Waals surface area contributed by atoms with E-state index in [0.29, 0.717) is 12.5 Å². The number of aliphatic hydroxyl groups is 1. The lowest BCUT2D eigenvalue weighted by molar-refractivity contribution is 0.0724. The number of nitrogens with one attached hydrogen (secondary N) is 1. The van der Waals surface area contributed by atoms with Gasteiger partial charge in [-0.3, -0.25) is 0 Å². The van der Waals surface area contributed by atoms with Gasteiger partial charge in [-0.05, 0) is 37.5 Å². The molecule has 0 saturated heterocycles. The van der Waals surface area contributed by atoms with Gasteiger partial charge in [-0.15, -0.1) is 0 Å². The van der Waals surface area contributed by atoms with Gasteiger partial charge >= 0.3 is 0 Å². The molecule has 0 radical (unpaired) electrons. The molecular formula is C14H27NO3S. The predicted molar refractivity (Wildman–Crippen MR) is 76.3 cm³/mol. The van der Waals surface area contributed by atoms with Gasteiger partial charge in [0.15, 0.2) is 0 Å². The SMILES string of the molecule is O=S(=O)(CC1CCCCC1)NCC1CCCCC1O. The van der Waals surface area contributed by atoms with Crippen molar-refractivity contribution >= 4 is 10.0 Å². The van der Waals surface area contributed by atoms with Crippen molar-refractivity contribution in [2.75, 3.05) is 12.3 Å². The maximum Gasteiger partial charge on any atom is 0.211 e. The van der Waals surface area contributed by atoms with Gasteiger partial charge in [0, 0.05) is 6.54 Å². The van der Waals surface area contributed by atoms with E-state index >= 15 is 0 Å². The van der Waals surface area contributed by atoms with E-state index in [-0.39, 0.29) is 17.8 Å². The first kappa shape index (κ1) is 15.3. The van der Waals surface area contributed by atoms with E-state index in [2.05, 4.69) is 4.72 Å². The Morgan fingerprint density at radius 3 is 2.26 bits per heavy atom. The molecule has 5 heteroatoms. The van der Waals surface area contributed by atoms with Crippen molar-refractivity contribution < 1.29 is 13.5 Å². The number of hydrogen-bond donors (Lipinski definition) is 2. The molecule has 112 valence electrons. The summed E-state index contributed by atoms with van der Waals surface area (Å²) in [7, 11) is -3.17. The van der Waals surface area contributed by atoms with Crippen molar-refractivity contribution in [1.82, 2.24) is 4.72 Å².